The van der Waals surface area contributed by atoms with Crippen molar-refractivity contribution in [2.24, 2.45) is 11.8 Å². The zero-order chi connectivity index (χ0) is 13.3. The average Bonchev–Trinajstić information content (AvgIpc) is 2.28. The topological polar surface area (TPSA) is 43.4 Å². The molecule has 0 N–H and O–H groups in total. The van der Waals surface area contributed by atoms with Crippen molar-refractivity contribution in [2.45, 2.75) is 66.2 Å². The first kappa shape index (κ1) is 16.1. The van der Waals surface area contributed by atoms with Crippen LogP contribution < -0.4 is 0 Å². The van der Waals surface area contributed by atoms with Crippen molar-refractivity contribution in [1.29, 1.82) is 0 Å². The van der Waals surface area contributed by atoms with Crippen LogP contribution >= 0.6 is 0 Å². The third-order valence-electron chi connectivity index (χ3n) is 2.90. The van der Waals surface area contributed by atoms with Gasteiger partial charge in [-0.2, -0.15) is 0 Å². The molecule has 0 bridgehead atoms. The smallest absolute Gasteiger partial charge is 0.316 e. The van der Waals surface area contributed by atoms with Crippen LogP contribution in [-0.4, -0.2) is 11.9 Å². The maximum absolute atomic E-state index is 11.7. The fraction of sp³-hybridized carbons (Fsp3) is 0.857. The lowest BCUT2D eigenvalue weighted by Crippen LogP contribution is -2.23. The second kappa shape index (κ2) is 9.20. The SMILES string of the molecule is CCCCCCC(CC)C(=O)OC(=O)C(C)C. The molecule has 1 unspecified atom stereocenters. The predicted molar refractivity (Wildman–Crippen MR) is 68.5 cm³/mol. The van der Waals surface area contributed by atoms with E-state index in [1.807, 2.05) is 6.92 Å². The van der Waals surface area contributed by atoms with Crippen LogP contribution in [-0.2, 0) is 14.3 Å². The molecule has 17 heavy (non-hydrogen) atoms. The van der Waals surface area contributed by atoms with E-state index in [0.29, 0.717) is 0 Å². The first-order chi connectivity index (χ1) is 8.02. The van der Waals surface area contributed by atoms with Gasteiger partial charge in [-0.3, -0.25) is 9.59 Å². The van der Waals surface area contributed by atoms with Gasteiger partial charge in [0.15, 0.2) is 0 Å². The van der Waals surface area contributed by atoms with Gasteiger partial charge in [0, 0.05) is 0 Å². The summed E-state index contributed by atoms with van der Waals surface area (Å²) in [5, 5.41) is 0. The molecule has 3 nitrogen and oxygen atoms in total. The number of unbranched alkanes of at least 4 members (excludes halogenated alkanes) is 3. The molecule has 0 aliphatic heterocycles. The molecule has 0 heterocycles. The number of hydrogen-bond acceptors (Lipinski definition) is 3. The Balaban J connectivity index is 3.99. The van der Waals surface area contributed by atoms with Gasteiger partial charge in [0.25, 0.3) is 0 Å². The van der Waals surface area contributed by atoms with Crippen LogP contribution in [0.15, 0.2) is 0 Å². The van der Waals surface area contributed by atoms with E-state index in [1.165, 1.54) is 12.8 Å². The summed E-state index contributed by atoms with van der Waals surface area (Å²) < 4.78 is 4.84. The molecule has 0 rings (SSSR count). The van der Waals surface area contributed by atoms with Crippen LogP contribution in [0.3, 0.4) is 0 Å². The third-order valence-corrected chi connectivity index (χ3v) is 2.90. The van der Waals surface area contributed by atoms with Gasteiger partial charge in [-0.15, -0.1) is 0 Å². The minimum absolute atomic E-state index is 0.116. The van der Waals surface area contributed by atoms with E-state index in [0.717, 1.165) is 25.7 Å². The molecule has 0 aromatic carbocycles. The molecular weight excluding hydrogens is 216 g/mol. The van der Waals surface area contributed by atoms with Crippen molar-refractivity contribution in [3.05, 3.63) is 0 Å². The summed E-state index contributed by atoms with van der Waals surface area (Å²) >= 11 is 0. The monoisotopic (exact) mass is 242 g/mol. The lowest BCUT2D eigenvalue weighted by atomic mass is 9.98. The molecule has 0 aliphatic rings. The Morgan fingerprint density at radius 2 is 1.65 bits per heavy atom. The number of hydrogen-bond donors (Lipinski definition) is 0. The Morgan fingerprint density at radius 3 is 2.12 bits per heavy atom. The summed E-state index contributed by atoms with van der Waals surface area (Å²) in [6.07, 6.45) is 6.16. The number of esters is 2. The van der Waals surface area contributed by atoms with Gasteiger partial charge < -0.3 is 4.74 Å². The largest absolute Gasteiger partial charge is 0.393 e. The van der Waals surface area contributed by atoms with Crippen molar-refractivity contribution in [3.8, 4) is 0 Å². The molecule has 0 aliphatic carbocycles. The molecule has 0 aromatic rings. The van der Waals surface area contributed by atoms with Crippen LogP contribution in [0, 0.1) is 11.8 Å². The van der Waals surface area contributed by atoms with Gasteiger partial charge in [0.05, 0.1) is 11.8 Å². The fourth-order valence-electron chi connectivity index (χ4n) is 1.61. The fourth-order valence-corrected chi connectivity index (χ4v) is 1.61. The van der Waals surface area contributed by atoms with Crippen LogP contribution in [0.4, 0.5) is 0 Å². The van der Waals surface area contributed by atoms with E-state index < -0.39 is 5.97 Å². The highest BCUT2D eigenvalue weighted by Gasteiger charge is 2.21. The number of ether oxygens (including phenoxy) is 1. The lowest BCUT2D eigenvalue weighted by molar-refractivity contribution is -0.165. The van der Waals surface area contributed by atoms with Crippen LogP contribution in [0.25, 0.3) is 0 Å². The zero-order valence-electron chi connectivity index (χ0n) is 11.6. The maximum atomic E-state index is 11.7. The summed E-state index contributed by atoms with van der Waals surface area (Å²) in [6.45, 7) is 7.59. The third kappa shape index (κ3) is 7.14. The normalized spacial score (nSPS) is 12.5. The minimum Gasteiger partial charge on any atom is -0.393 e. The molecule has 0 fully saturated rings. The van der Waals surface area contributed by atoms with Gasteiger partial charge in [-0.05, 0) is 12.8 Å². The second-order valence-corrected chi connectivity index (χ2v) is 4.85. The Bertz CT molecular complexity index is 234. The molecule has 100 valence electrons. The van der Waals surface area contributed by atoms with Gasteiger partial charge >= 0.3 is 11.9 Å². The molecule has 0 saturated heterocycles. The van der Waals surface area contributed by atoms with Crippen LogP contribution in [0.2, 0.25) is 0 Å². The van der Waals surface area contributed by atoms with Crippen LogP contribution in [0.5, 0.6) is 0 Å². The number of carbonyl (C=O) groups excluding carboxylic acids is 2. The van der Waals surface area contributed by atoms with E-state index in [-0.39, 0.29) is 17.8 Å². The number of rotatable bonds is 8. The highest BCUT2D eigenvalue weighted by Crippen LogP contribution is 2.16. The standard InChI is InChI=1S/C14H26O3/c1-5-7-8-9-10-12(6-2)14(16)17-13(15)11(3)4/h11-12H,5-10H2,1-4H3. The molecule has 3 heteroatoms. The molecular formula is C14H26O3. The molecule has 0 radical (unpaired) electrons. The summed E-state index contributed by atoms with van der Waals surface area (Å²) in [7, 11) is 0. The Hall–Kier alpha value is -0.860. The Morgan fingerprint density at radius 1 is 1.00 bits per heavy atom. The average molecular weight is 242 g/mol. The zero-order valence-corrected chi connectivity index (χ0v) is 11.6. The van der Waals surface area contributed by atoms with Gasteiger partial charge in [0.1, 0.15) is 0 Å². The predicted octanol–water partition coefficient (Wildman–Crippen LogP) is 3.71. The highest BCUT2D eigenvalue weighted by molar-refractivity contribution is 5.87. The van der Waals surface area contributed by atoms with Crippen molar-refractivity contribution >= 4 is 11.9 Å². The van der Waals surface area contributed by atoms with Crippen molar-refractivity contribution in [3.63, 3.8) is 0 Å². The second-order valence-electron chi connectivity index (χ2n) is 4.85. The Kier molecular flexibility index (Phi) is 8.73. The van der Waals surface area contributed by atoms with E-state index >= 15 is 0 Å². The molecule has 0 spiro atoms. The van der Waals surface area contributed by atoms with E-state index in [1.54, 1.807) is 13.8 Å². The van der Waals surface area contributed by atoms with Crippen molar-refractivity contribution in [1.82, 2.24) is 0 Å². The molecule has 0 aromatic heterocycles. The van der Waals surface area contributed by atoms with E-state index in [9.17, 15) is 9.59 Å². The molecule has 0 amide bonds. The Labute approximate surface area is 105 Å². The van der Waals surface area contributed by atoms with Gasteiger partial charge in [-0.1, -0.05) is 53.4 Å². The minimum atomic E-state index is -0.415. The molecule has 0 saturated carbocycles. The quantitative estimate of drug-likeness (QED) is 0.370. The summed E-state index contributed by atoms with van der Waals surface area (Å²) in [4.78, 5) is 23.0. The van der Waals surface area contributed by atoms with E-state index in [2.05, 4.69) is 6.92 Å². The summed E-state index contributed by atoms with van der Waals surface area (Å²) in [5.41, 5.74) is 0. The molecule has 1 atom stereocenters. The van der Waals surface area contributed by atoms with Crippen molar-refractivity contribution in [2.75, 3.05) is 0 Å². The lowest BCUT2D eigenvalue weighted by Gasteiger charge is -2.13. The summed E-state index contributed by atoms with van der Waals surface area (Å²) in [5.74, 6) is -1.11. The first-order valence-corrected chi connectivity index (χ1v) is 6.78. The maximum Gasteiger partial charge on any atom is 0.316 e. The number of carbonyl (C=O) groups is 2. The van der Waals surface area contributed by atoms with Gasteiger partial charge in [-0.25, -0.2) is 0 Å². The van der Waals surface area contributed by atoms with Gasteiger partial charge in [0.2, 0.25) is 0 Å². The van der Waals surface area contributed by atoms with Crippen LogP contribution in [0.1, 0.15) is 66.2 Å². The highest BCUT2D eigenvalue weighted by atomic mass is 16.6. The first-order valence-electron chi connectivity index (χ1n) is 6.78. The van der Waals surface area contributed by atoms with E-state index in [4.69, 9.17) is 4.74 Å². The van der Waals surface area contributed by atoms with Crippen molar-refractivity contribution < 1.29 is 14.3 Å². The summed E-state index contributed by atoms with van der Waals surface area (Å²) in [6, 6.07) is 0.